The van der Waals surface area contributed by atoms with Crippen molar-refractivity contribution in [1.82, 2.24) is 4.98 Å². The number of aryl methyl sites for hydroxylation is 1. The maximum Gasteiger partial charge on any atom is 0.126 e. The molecule has 98 valence electrons. The minimum Gasteiger partial charge on any atom is -0.366 e. The van der Waals surface area contributed by atoms with Gasteiger partial charge < -0.3 is 5.32 Å². The molecule has 18 heavy (non-hydrogen) atoms. The van der Waals surface area contributed by atoms with Crippen molar-refractivity contribution in [3.05, 3.63) is 47.7 Å². The van der Waals surface area contributed by atoms with Gasteiger partial charge in [-0.15, -0.1) is 0 Å². The molecule has 1 unspecified atom stereocenters. The van der Waals surface area contributed by atoms with Crippen molar-refractivity contribution in [3.63, 3.8) is 0 Å². The quantitative estimate of drug-likeness (QED) is 0.855. The van der Waals surface area contributed by atoms with Gasteiger partial charge >= 0.3 is 0 Å². The molecule has 0 spiro atoms. The smallest absolute Gasteiger partial charge is 0.126 e. The molecule has 1 aliphatic carbocycles. The van der Waals surface area contributed by atoms with Crippen LogP contribution in [0, 0.1) is 12.8 Å². The summed E-state index contributed by atoms with van der Waals surface area (Å²) in [5, 5.41) is 3.34. The minimum absolute atomic E-state index is 0.681. The highest BCUT2D eigenvalue weighted by molar-refractivity contribution is 5.39. The summed E-state index contributed by atoms with van der Waals surface area (Å²) in [7, 11) is 0. The molecule has 0 bridgehead atoms. The predicted octanol–water partition coefficient (Wildman–Crippen LogP) is 4.35. The first kappa shape index (κ1) is 14.5. The molecule has 2 nitrogen and oxygen atoms in total. The Balaban J connectivity index is 0.000000771. The van der Waals surface area contributed by atoms with Gasteiger partial charge in [0, 0.05) is 12.2 Å². The van der Waals surface area contributed by atoms with Gasteiger partial charge in [-0.1, -0.05) is 45.1 Å². The third-order valence-electron chi connectivity index (χ3n) is 2.75. The lowest BCUT2D eigenvalue weighted by molar-refractivity contribution is 0.729. The first-order valence-corrected chi connectivity index (χ1v) is 6.79. The van der Waals surface area contributed by atoms with Gasteiger partial charge in [-0.2, -0.15) is 0 Å². The number of anilines is 1. The van der Waals surface area contributed by atoms with Crippen LogP contribution in [0.4, 0.5) is 5.82 Å². The van der Waals surface area contributed by atoms with E-state index in [0.29, 0.717) is 5.92 Å². The van der Waals surface area contributed by atoms with E-state index in [0.717, 1.165) is 24.5 Å². The number of nitrogens with zero attached hydrogens (tertiary/aromatic N) is 1. The molecule has 1 aromatic rings. The maximum atomic E-state index is 4.41. The summed E-state index contributed by atoms with van der Waals surface area (Å²) in [5.41, 5.74) is 2.40. The normalized spacial score (nSPS) is 17.6. The molecule has 0 aromatic carbocycles. The highest BCUT2D eigenvalue weighted by atomic mass is 15.0. The van der Waals surface area contributed by atoms with Crippen LogP contribution < -0.4 is 5.32 Å². The van der Waals surface area contributed by atoms with Gasteiger partial charge in [0.25, 0.3) is 0 Å². The Morgan fingerprint density at radius 1 is 1.33 bits per heavy atom. The van der Waals surface area contributed by atoms with Crippen LogP contribution in [0.1, 0.15) is 32.9 Å². The summed E-state index contributed by atoms with van der Waals surface area (Å²) < 4.78 is 0. The van der Waals surface area contributed by atoms with Crippen molar-refractivity contribution < 1.29 is 0 Å². The summed E-state index contributed by atoms with van der Waals surface area (Å²) in [6.07, 6.45) is 7.92. The fourth-order valence-corrected chi connectivity index (χ4v) is 1.74. The lowest BCUT2D eigenvalue weighted by Crippen LogP contribution is -2.07. The average Bonchev–Trinajstić information content (AvgIpc) is 2.41. The number of nitrogens with one attached hydrogen (secondary N) is 1. The molecule has 1 aromatic heterocycles. The Hall–Kier alpha value is -1.57. The van der Waals surface area contributed by atoms with Crippen LogP contribution >= 0.6 is 0 Å². The second kappa shape index (κ2) is 7.70. The number of allylic oxidation sites excluding steroid dienone is 2. The van der Waals surface area contributed by atoms with E-state index >= 15 is 0 Å². The standard InChI is InChI=1S/C14H18N2.C2H6/c1-11-6-8-13(9-7-11)10-15-14-5-3-4-12(2)16-14;1-2/h3-6,8-9,11H,7,10H2,1-2H3,(H,15,16);1-2H3. The van der Waals surface area contributed by atoms with Gasteiger partial charge in [-0.25, -0.2) is 4.98 Å². The molecule has 1 atom stereocenters. The van der Waals surface area contributed by atoms with Gasteiger partial charge in [-0.05, 0) is 37.0 Å². The topological polar surface area (TPSA) is 24.9 Å². The van der Waals surface area contributed by atoms with E-state index in [9.17, 15) is 0 Å². The Kier molecular flexibility index (Phi) is 6.20. The fourth-order valence-electron chi connectivity index (χ4n) is 1.74. The lowest BCUT2D eigenvalue weighted by Gasteiger charge is -2.12. The molecule has 1 N–H and O–H groups in total. The van der Waals surface area contributed by atoms with Crippen molar-refractivity contribution in [3.8, 4) is 0 Å². The zero-order chi connectivity index (χ0) is 13.4. The SMILES string of the molecule is CC.Cc1cccc(NCC2=CCC(C)C=C2)n1. The summed E-state index contributed by atoms with van der Waals surface area (Å²) >= 11 is 0. The second-order valence-electron chi connectivity index (χ2n) is 4.37. The molecule has 1 heterocycles. The molecule has 0 fully saturated rings. The van der Waals surface area contributed by atoms with Crippen molar-refractivity contribution in [2.75, 3.05) is 11.9 Å². The molecule has 0 radical (unpaired) electrons. The third-order valence-corrected chi connectivity index (χ3v) is 2.75. The summed E-state index contributed by atoms with van der Waals surface area (Å²) in [6, 6.07) is 6.03. The number of pyridine rings is 1. The maximum absolute atomic E-state index is 4.41. The molecular formula is C16H24N2. The van der Waals surface area contributed by atoms with Crippen LogP contribution in [0.2, 0.25) is 0 Å². The van der Waals surface area contributed by atoms with Crippen molar-refractivity contribution >= 4 is 5.82 Å². The van der Waals surface area contributed by atoms with Crippen LogP contribution in [0.3, 0.4) is 0 Å². The zero-order valence-electron chi connectivity index (χ0n) is 11.9. The van der Waals surface area contributed by atoms with E-state index < -0.39 is 0 Å². The van der Waals surface area contributed by atoms with E-state index in [-0.39, 0.29) is 0 Å². The van der Waals surface area contributed by atoms with Crippen LogP contribution in [0.15, 0.2) is 42.0 Å². The zero-order valence-corrected chi connectivity index (χ0v) is 11.9. The summed E-state index contributed by atoms with van der Waals surface area (Å²) in [5.74, 6) is 1.63. The van der Waals surface area contributed by atoms with Gasteiger partial charge in [0.2, 0.25) is 0 Å². The van der Waals surface area contributed by atoms with E-state index in [1.165, 1.54) is 5.57 Å². The fraction of sp³-hybridized carbons (Fsp3) is 0.438. The van der Waals surface area contributed by atoms with E-state index in [1.54, 1.807) is 0 Å². The Labute approximate surface area is 111 Å². The largest absolute Gasteiger partial charge is 0.366 e. The summed E-state index contributed by atoms with van der Waals surface area (Å²) in [6.45, 7) is 9.10. The first-order valence-electron chi connectivity index (χ1n) is 6.79. The van der Waals surface area contributed by atoms with Gasteiger partial charge in [0.1, 0.15) is 5.82 Å². The Bertz CT molecular complexity index is 419. The van der Waals surface area contributed by atoms with Gasteiger partial charge in [0.15, 0.2) is 0 Å². The van der Waals surface area contributed by atoms with Gasteiger partial charge in [-0.3, -0.25) is 0 Å². The van der Waals surface area contributed by atoms with Crippen LogP contribution in [0.5, 0.6) is 0 Å². The molecule has 1 aliphatic rings. The Morgan fingerprint density at radius 3 is 2.72 bits per heavy atom. The van der Waals surface area contributed by atoms with Gasteiger partial charge in [0.05, 0.1) is 0 Å². The highest BCUT2D eigenvalue weighted by Crippen LogP contribution is 2.15. The highest BCUT2D eigenvalue weighted by Gasteiger charge is 2.03. The minimum atomic E-state index is 0.681. The lowest BCUT2D eigenvalue weighted by atomic mass is 9.99. The van der Waals surface area contributed by atoms with Crippen LogP contribution in [-0.2, 0) is 0 Å². The monoisotopic (exact) mass is 244 g/mol. The molecule has 0 saturated heterocycles. The van der Waals surface area contributed by atoms with Crippen molar-refractivity contribution in [2.24, 2.45) is 5.92 Å². The molecular weight excluding hydrogens is 220 g/mol. The predicted molar refractivity (Wildman–Crippen MR) is 79.8 cm³/mol. The Morgan fingerprint density at radius 2 is 2.11 bits per heavy atom. The number of hydrogen-bond donors (Lipinski definition) is 1. The summed E-state index contributed by atoms with van der Waals surface area (Å²) in [4.78, 5) is 4.41. The average molecular weight is 244 g/mol. The molecule has 2 rings (SSSR count). The van der Waals surface area contributed by atoms with Crippen molar-refractivity contribution in [1.29, 1.82) is 0 Å². The second-order valence-corrected chi connectivity index (χ2v) is 4.37. The third kappa shape index (κ3) is 4.74. The number of aromatic nitrogens is 1. The van der Waals surface area contributed by atoms with Crippen molar-refractivity contribution in [2.45, 2.75) is 34.1 Å². The molecule has 0 aliphatic heterocycles. The first-order chi connectivity index (χ1) is 8.74. The van der Waals surface area contributed by atoms with E-state index in [2.05, 4.69) is 35.5 Å². The van der Waals surface area contributed by atoms with E-state index in [4.69, 9.17) is 0 Å². The number of hydrogen-bond acceptors (Lipinski definition) is 2. The van der Waals surface area contributed by atoms with Crippen LogP contribution in [-0.4, -0.2) is 11.5 Å². The van der Waals surface area contributed by atoms with E-state index in [1.807, 2.05) is 39.0 Å². The molecule has 2 heteroatoms. The molecule has 0 amide bonds. The van der Waals surface area contributed by atoms with Crippen LogP contribution in [0.25, 0.3) is 0 Å². The number of rotatable bonds is 3. The molecule has 0 saturated carbocycles.